The molecule has 0 saturated heterocycles. The van der Waals surface area contributed by atoms with Crippen LogP contribution in [0.2, 0.25) is 0 Å². The molecule has 3 nitrogen and oxygen atoms in total. The Bertz CT molecular complexity index is 685. The number of rotatable bonds is 1. The maximum atomic E-state index is 12.1. The smallest absolute Gasteiger partial charge is 0.186 e. The van der Waals surface area contributed by atoms with Gasteiger partial charge in [-0.1, -0.05) is 30.3 Å². The van der Waals surface area contributed by atoms with Crippen LogP contribution in [-0.2, 0) is 6.42 Å². The highest BCUT2D eigenvalue weighted by molar-refractivity contribution is 6.12. The van der Waals surface area contributed by atoms with Gasteiger partial charge in [0.2, 0.25) is 0 Å². The lowest BCUT2D eigenvalue weighted by Gasteiger charge is -2.17. The highest BCUT2D eigenvalue weighted by atomic mass is 16.3. The molecule has 0 heterocycles. The van der Waals surface area contributed by atoms with Gasteiger partial charge in [-0.2, -0.15) is 0 Å². The second-order valence-electron chi connectivity index (χ2n) is 4.57. The number of benzene rings is 2. The topological polar surface area (TPSA) is 57.5 Å². The lowest BCUT2D eigenvalue weighted by molar-refractivity contribution is 0.104. The third-order valence-electron chi connectivity index (χ3n) is 3.30. The van der Waals surface area contributed by atoms with Crippen LogP contribution in [0, 0.1) is 0 Å². The lowest BCUT2D eigenvalue weighted by atomic mass is 9.87. The van der Waals surface area contributed by atoms with Crippen molar-refractivity contribution in [2.24, 2.45) is 0 Å². The van der Waals surface area contributed by atoms with E-state index in [2.05, 4.69) is 0 Å². The lowest BCUT2D eigenvalue weighted by Crippen LogP contribution is -2.09. The molecule has 0 bridgehead atoms. The van der Waals surface area contributed by atoms with Crippen LogP contribution in [-0.4, -0.2) is 16.0 Å². The minimum atomic E-state index is -0.260. The maximum Gasteiger partial charge on any atom is 0.186 e. The summed E-state index contributed by atoms with van der Waals surface area (Å²) in [6.07, 6.45) is 2.16. The number of carbonyl (C=O) groups excluding carboxylic acids is 1. The van der Waals surface area contributed by atoms with Crippen molar-refractivity contribution in [1.82, 2.24) is 0 Å². The molecule has 0 atom stereocenters. The SMILES string of the molecule is O=C1C=C(c2ccccc2)Cc2cc(O)c(O)cc21. The standard InChI is InChI=1S/C16H12O3/c17-14-7-11(10-4-2-1-3-5-10)6-12-8-15(18)16(19)9-13(12)14/h1-5,7-9,18-19H,6H2. The van der Waals surface area contributed by atoms with E-state index in [4.69, 9.17) is 0 Å². The Labute approximate surface area is 110 Å². The quantitative estimate of drug-likeness (QED) is 0.767. The number of ketones is 1. The summed E-state index contributed by atoms with van der Waals surface area (Å²) in [6, 6.07) is 12.4. The van der Waals surface area contributed by atoms with E-state index in [0.717, 1.165) is 16.7 Å². The number of carbonyl (C=O) groups is 1. The van der Waals surface area contributed by atoms with E-state index in [-0.39, 0.29) is 17.3 Å². The average Bonchev–Trinajstić information content (AvgIpc) is 2.42. The number of phenols is 2. The first-order chi connectivity index (χ1) is 9.15. The Balaban J connectivity index is 2.07. The molecule has 1 aliphatic rings. The van der Waals surface area contributed by atoms with Crippen molar-refractivity contribution in [1.29, 1.82) is 0 Å². The van der Waals surface area contributed by atoms with Gasteiger partial charge in [-0.25, -0.2) is 0 Å². The largest absolute Gasteiger partial charge is 0.504 e. The molecule has 3 rings (SSSR count). The summed E-state index contributed by atoms with van der Waals surface area (Å²) in [5.41, 5.74) is 3.11. The maximum absolute atomic E-state index is 12.1. The van der Waals surface area contributed by atoms with Gasteiger partial charge in [0.1, 0.15) is 0 Å². The number of phenolic OH excluding ortho intramolecular Hbond substituents is 2. The van der Waals surface area contributed by atoms with E-state index < -0.39 is 0 Å². The normalized spacial score (nSPS) is 13.9. The van der Waals surface area contributed by atoms with Crippen molar-refractivity contribution in [2.75, 3.05) is 0 Å². The zero-order valence-electron chi connectivity index (χ0n) is 10.1. The van der Waals surface area contributed by atoms with Gasteiger partial charge < -0.3 is 10.2 Å². The Morgan fingerprint density at radius 2 is 1.63 bits per heavy atom. The van der Waals surface area contributed by atoms with Crippen molar-refractivity contribution in [3.63, 3.8) is 0 Å². The molecule has 0 aromatic heterocycles. The van der Waals surface area contributed by atoms with Gasteiger partial charge in [-0.3, -0.25) is 4.79 Å². The van der Waals surface area contributed by atoms with Gasteiger partial charge in [0.15, 0.2) is 17.3 Å². The van der Waals surface area contributed by atoms with Gasteiger partial charge in [0.05, 0.1) is 0 Å². The first-order valence-corrected chi connectivity index (χ1v) is 6.00. The van der Waals surface area contributed by atoms with Crippen molar-refractivity contribution in [2.45, 2.75) is 6.42 Å². The zero-order valence-corrected chi connectivity index (χ0v) is 10.1. The van der Waals surface area contributed by atoms with E-state index in [1.807, 2.05) is 30.3 Å². The van der Waals surface area contributed by atoms with E-state index in [0.29, 0.717) is 12.0 Å². The van der Waals surface area contributed by atoms with Gasteiger partial charge in [-0.05, 0) is 41.3 Å². The molecule has 0 amide bonds. The molecule has 2 aromatic rings. The van der Waals surface area contributed by atoms with E-state index in [1.54, 1.807) is 6.08 Å². The highest BCUT2D eigenvalue weighted by Gasteiger charge is 2.20. The van der Waals surface area contributed by atoms with Crippen LogP contribution in [0.4, 0.5) is 0 Å². The van der Waals surface area contributed by atoms with Crippen LogP contribution in [0.1, 0.15) is 21.5 Å². The van der Waals surface area contributed by atoms with E-state index in [1.165, 1.54) is 12.1 Å². The molecule has 2 N–H and O–H groups in total. The summed E-state index contributed by atoms with van der Waals surface area (Å²) in [5.74, 6) is -0.597. The van der Waals surface area contributed by atoms with Crippen LogP contribution in [0.25, 0.3) is 5.57 Å². The molecule has 0 aliphatic heterocycles. The molecular weight excluding hydrogens is 240 g/mol. The molecule has 3 heteroatoms. The number of allylic oxidation sites excluding steroid dienone is 2. The highest BCUT2D eigenvalue weighted by Crippen LogP contribution is 2.34. The van der Waals surface area contributed by atoms with Crippen LogP contribution in [0.5, 0.6) is 11.5 Å². The molecule has 1 aliphatic carbocycles. The molecule has 0 unspecified atom stereocenters. The van der Waals surface area contributed by atoms with Gasteiger partial charge in [0.25, 0.3) is 0 Å². The second-order valence-corrected chi connectivity index (χ2v) is 4.57. The average molecular weight is 252 g/mol. The Morgan fingerprint density at radius 1 is 0.947 bits per heavy atom. The number of fused-ring (bicyclic) bond motifs is 1. The molecule has 0 saturated carbocycles. The van der Waals surface area contributed by atoms with Crippen molar-refractivity contribution in [3.8, 4) is 11.5 Å². The molecular formula is C16H12O3. The predicted molar refractivity (Wildman–Crippen MR) is 72.2 cm³/mol. The number of hydrogen-bond donors (Lipinski definition) is 2. The Kier molecular flexibility index (Phi) is 2.60. The third kappa shape index (κ3) is 1.99. The van der Waals surface area contributed by atoms with E-state index >= 15 is 0 Å². The fraction of sp³-hybridized carbons (Fsp3) is 0.0625. The summed E-state index contributed by atoms with van der Waals surface area (Å²) in [5, 5.41) is 19.0. The van der Waals surface area contributed by atoms with Crippen molar-refractivity contribution < 1.29 is 15.0 Å². The molecule has 0 spiro atoms. The minimum Gasteiger partial charge on any atom is -0.504 e. The summed E-state index contributed by atoms with van der Waals surface area (Å²) < 4.78 is 0. The van der Waals surface area contributed by atoms with Crippen molar-refractivity contribution >= 4 is 11.4 Å². The van der Waals surface area contributed by atoms with E-state index in [9.17, 15) is 15.0 Å². The van der Waals surface area contributed by atoms with Crippen LogP contribution in [0.15, 0.2) is 48.5 Å². The fourth-order valence-electron chi connectivity index (χ4n) is 2.33. The van der Waals surface area contributed by atoms with Gasteiger partial charge >= 0.3 is 0 Å². The van der Waals surface area contributed by atoms with Gasteiger partial charge in [-0.15, -0.1) is 0 Å². The Morgan fingerprint density at radius 3 is 2.37 bits per heavy atom. The molecule has 19 heavy (non-hydrogen) atoms. The second kappa shape index (κ2) is 4.28. The number of hydrogen-bond acceptors (Lipinski definition) is 3. The summed E-state index contributed by atoms with van der Waals surface area (Å²) in [7, 11) is 0. The summed E-state index contributed by atoms with van der Waals surface area (Å²) in [6.45, 7) is 0. The first kappa shape index (κ1) is 11.5. The van der Waals surface area contributed by atoms with Crippen LogP contribution >= 0.6 is 0 Å². The predicted octanol–water partition coefficient (Wildman–Crippen LogP) is 2.92. The van der Waals surface area contributed by atoms with Crippen LogP contribution in [0.3, 0.4) is 0 Å². The summed E-state index contributed by atoms with van der Waals surface area (Å²) >= 11 is 0. The van der Waals surface area contributed by atoms with Gasteiger partial charge in [0, 0.05) is 5.56 Å². The zero-order chi connectivity index (χ0) is 13.4. The first-order valence-electron chi connectivity index (χ1n) is 6.00. The summed E-state index contributed by atoms with van der Waals surface area (Å²) in [4.78, 5) is 12.1. The molecule has 0 radical (unpaired) electrons. The Hall–Kier alpha value is -2.55. The molecule has 2 aromatic carbocycles. The van der Waals surface area contributed by atoms with Crippen molar-refractivity contribution in [3.05, 3.63) is 65.2 Å². The third-order valence-corrected chi connectivity index (χ3v) is 3.30. The molecule has 0 fully saturated rings. The molecule has 94 valence electrons. The fourth-order valence-corrected chi connectivity index (χ4v) is 2.33. The number of aromatic hydroxyl groups is 2. The monoisotopic (exact) mass is 252 g/mol. The minimum absolute atomic E-state index is 0.143. The van der Waals surface area contributed by atoms with Crippen LogP contribution < -0.4 is 0 Å².